The highest BCUT2D eigenvalue weighted by atomic mass is 35.5. The maximum absolute atomic E-state index is 12.3. The van der Waals surface area contributed by atoms with Crippen molar-refractivity contribution in [2.75, 3.05) is 6.54 Å². The van der Waals surface area contributed by atoms with Gasteiger partial charge in [0.1, 0.15) is 15.9 Å². The number of carbonyl (C=O) groups excluding carboxylic acids is 2. The van der Waals surface area contributed by atoms with Crippen molar-refractivity contribution in [2.45, 2.75) is 26.8 Å². The number of rotatable bonds is 5. The lowest BCUT2D eigenvalue weighted by molar-refractivity contribution is -0.122. The lowest BCUT2D eigenvalue weighted by atomic mass is 10.3. The van der Waals surface area contributed by atoms with Crippen molar-refractivity contribution < 1.29 is 9.59 Å². The first-order chi connectivity index (χ1) is 10.4. The highest BCUT2D eigenvalue weighted by Gasteiger charge is 2.21. The molecule has 0 bridgehead atoms. The molecule has 118 valence electrons. The van der Waals surface area contributed by atoms with Gasteiger partial charge in [-0.2, -0.15) is 0 Å². The van der Waals surface area contributed by atoms with Gasteiger partial charge in [-0.15, -0.1) is 22.7 Å². The van der Waals surface area contributed by atoms with Gasteiger partial charge in [0.25, 0.3) is 5.91 Å². The summed E-state index contributed by atoms with van der Waals surface area (Å²) in [5.41, 5.74) is 0.644. The number of likely N-dealkylation sites (N-methyl/N-ethyl adjacent to an activating group) is 1. The molecular formula is C14H16ClN3O2S2. The number of aryl methyl sites for hydroxylation is 1. The van der Waals surface area contributed by atoms with Gasteiger partial charge in [0.15, 0.2) is 0 Å². The zero-order valence-corrected chi connectivity index (χ0v) is 14.8. The molecule has 0 aromatic carbocycles. The zero-order chi connectivity index (χ0) is 16.3. The first-order valence-electron chi connectivity index (χ1n) is 6.74. The molecule has 2 aromatic heterocycles. The van der Waals surface area contributed by atoms with E-state index in [4.69, 9.17) is 11.6 Å². The molecule has 0 spiro atoms. The maximum Gasteiger partial charge on any atom is 0.263 e. The molecule has 1 atom stereocenters. The van der Waals surface area contributed by atoms with Crippen LogP contribution >= 0.6 is 34.3 Å². The Kier molecular flexibility index (Phi) is 5.55. The molecular weight excluding hydrogens is 342 g/mol. The fraction of sp³-hybridized carbons (Fsp3) is 0.357. The van der Waals surface area contributed by atoms with E-state index in [9.17, 15) is 9.59 Å². The van der Waals surface area contributed by atoms with Crippen molar-refractivity contribution in [1.82, 2.24) is 15.6 Å². The van der Waals surface area contributed by atoms with Gasteiger partial charge in [0.2, 0.25) is 5.91 Å². The summed E-state index contributed by atoms with van der Waals surface area (Å²) in [6.45, 7) is 5.79. The van der Waals surface area contributed by atoms with Gasteiger partial charge >= 0.3 is 0 Å². The van der Waals surface area contributed by atoms with Crippen LogP contribution in [0.15, 0.2) is 12.1 Å². The van der Waals surface area contributed by atoms with Gasteiger partial charge in [0, 0.05) is 6.54 Å². The standard InChI is InChI=1S/C14H16ClN3O2S2/c1-4-16-12(19)8(3)17-13(20)11-7(2)18-14(22-11)9-5-6-10(15)21-9/h5-6,8H,4H2,1-3H3,(H,16,19)(H,17,20)/t8-/m0/s1. The van der Waals surface area contributed by atoms with Crippen molar-refractivity contribution in [3.63, 3.8) is 0 Å². The third kappa shape index (κ3) is 3.85. The Morgan fingerprint density at radius 3 is 2.68 bits per heavy atom. The minimum absolute atomic E-state index is 0.205. The van der Waals surface area contributed by atoms with Crippen LogP contribution in [0.4, 0.5) is 0 Å². The van der Waals surface area contributed by atoms with Crippen LogP contribution in [-0.4, -0.2) is 29.4 Å². The van der Waals surface area contributed by atoms with Gasteiger partial charge in [-0.05, 0) is 32.9 Å². The first kappa shape index (κ1) is 16.9. The molecule has 2 heterocycles. The lowest BCUT2D eigenvalue weighted by Crippen LogP contribution is -2.44. The second kappa shape index (κ2) is 7.21. The van der Waals surface area contributed by atoms with E-state index >= 15 is 0 Å². The van der Waals surface area contributed by atoms with Crippen LogP contribution in [0.5, 0.6) is 0 Å². The molecule has 0 unspecified atom stereocenters. The number of thiazole rings is 1. The van der Waals surface area contributed by atoms with Crippen LogP contribution in [0.1, 0.15) is 29.2 Å². The predicted octanol–water partition coefficient (Wildman–Crippen LogP) is 3.09. The third-order valence-corrected chi connectivity index (χ3v) is 5.44. The van der Waals surface area contributed by atoms with Crippen LogP contribution in [0.25, 0.3) is 9.88 Å². The molecule has 0 aliphatic carbocycles. The highest BCUT2D eigenvalue weighted by molar-refractivity contribution is 7.24. The number of carbonyl (C=O) groups is 2. The van der Waals surface area contributed by atoms with Crippen molar-refractivity contribution >= 4 is 46.1 Å². The molecule has 2 rings (SSSR count). The lowest BCUT2D eigenvalue weighted by Gasteiger charge is -2.12. The number of hydrogen-bond donors (Lipinski definition) is 2. The summed E-state index contributed by atoms with van der Waals surface area (Å²) in [5, 5.41) is 6.11. The van der Waals surface area contributed by atoms with Crippen molar-refractivity contribution in [2.24, 2.45) is 0 Å². The van der Waals surface area contributed by atoms with E-state index in [0.717, 1.165) is 9.88 Å². The average molecular weight is 358 g/mol. The molecule has 2 amide bonds. The topological polar surface area (TPSA) is 71.1 Å². The van der Waals surface area contributed by atoms with Crippen molar-refractivity contribution in [3.8, 4) is 9.88 Å². The Balaban J connectivity index is 2.14. The predicted molar refractivity (Wildman–Crippen MR) is 90.8 cm³/mol. The molecule has 0 radical (unpaired) electrons. The molecule has 22 heavy (non-hydrogen) atoms. The second-order valence-electron chi connectivity index (χ2n) is 4.63. The quantitative estimate of drug-likeness (QED) is 0.863. The van der Waals surface area contributed by atoms with Crippen molar-refractivity contribution in [1.29, 1.82) is 0 Å². The van der Waals surface area contributed by atoms with Crippen LogP contribution in [0, 0.1) is 6.92 Å². The molecule has 0 saturated carbocycles. The molecule has 8 heteroatoms. The second-order valence-corrected chi connectivity index (χ2v) is 7.34. The Morgan fingerprint density at radius 1 is 1.36 bits per heavy atom. The maximum atomic E-state index is 12.3. The Hall–Kier alpha value is -1.44. The monoisotopic (exact) mass is 357 g/mol. The van der Waals surface area contributed by atoms with Gasteiger partial charge < -0.3 is 10.6 Å². The van der Waals surface area contributed by atoms with Gasteiger partial charge in [-0.1, -0.05) is 11.6 Å². The fourth-order valence-corrected chi connectivity index (χ4v) is 3.86. The smallest absolute Gasteiger partial charge is 0.263 e. The largest absolute Gasteiger partial charge is 0.355 e. The summed E-state index contributed by atoms with van der Waals surface area (Å²) in [5.74, 6) is -0.495. The van der Waals surface area contributed by atoms with Gasteiger partial charge in [-0.25, -0.2) is 4.98 Å². The highest BCUT2D eigenvalue weighted by Crippen LogP contribution is 2.34. The summed E-state index contributed by atoms with van der Waals surface area (Å²) in [6.07, 6.45) is 0. The molecule has 2 aromatic rings. The molecule has 0 aliphatic rings. The molecule has 0 saturated heterocycles. The summed E-state index contributed by atoms with van der Waals surface area (Å²) in [7, 11) is 0. The molecule has 0 aliphatic heterocycles. The van der Waals surface area contributed by atoms with Crippen molar-refractivity contribution in [3.05, 3.63) is 27.0 Å². The number of thiophene rings is 1. The van der Waals surface area contributed by atoms with Gasteiger partial charge in [-0.3, -0.25) is 9.59 Å². The van der Waals surface area contributed by atoms with Crippen LogP contribution < -0.4 is 10.6 Å². The SMILES string of the molecule is CCNC(=O)[C@H](C)NC(=O)c1sc(-c2ccc(Cl)s2)nc1C. The Bertz CT molecular complexity index is 696. The minimum atomic E-state index is -0.589. The number of nitrogens with one attached hydrogen (secondary N) is 2. The van der Waals surface area contributed by atoms with E-state index in [1.807, 2.05) is 13.0 Å². The summed E-state index contributed by atoms with van der Waals surface area (Å²) in [4.78, 5) is 29.8. The number of halogens is 1. The number of hydrogen-bond acceptors (Lipinski definition) is 5. The molecule has 0 fully saturated rings. The van der Waals surface area contributed by atoms with E-state index in [0.29, 0.717) is 21.5 Å². The van der Waals surface area contributed by atoms with Crippen LogP contribution in [-0.2, 0) is 4.79 Å². The fourth-order valence-electron chi connectivity index (χ4n) is 1.80. The molecule has 2 N–H and O–H groups in total. The Labute approximate surface area is 141 Å². The summed E-state index contributed by atoms with van der Waals surface area (Å²) in [6, 6.07) is 3.09. The first-order valence-corrected chi connectivity index (χ1v) is 8.75. The number of nitrogens with zero attached hydrogens (tertiary/aromatic N) is 1. The van der Waals surface area contributed by atoms with E-state index < -0.39 is 6.04 Å². The number of amides is 2. The number of aromatic nitrogens is 1. The summed E-state index contributed by atoms with van der Waals surface area (Å²) < 4.78 is 0.679. The zero-order valence-electron chi connectivity index (χ0n) is 12.4. The Morgan fingerprint density at radius 2 is 2.09 bits per heavy atom. The van der Waals surface area contributed by atoms with E-state index in [1.165, 1.54) is 22.7 Å². The summed E-state index contributed by atoms with van der Waals surface area (Å²) >= 11 is 8.64. The van der Waals surface area contributed by atoms with E-state index in [2.05, 4.69) is 15.6 Å². The molecule has 5 nitrogen and oxygen atoms in total. The van der Waals surface area contributed by atoms with Crippen LogP contribution in [0.3, 0.4) is 0 Å². The van der Waals surface area contributed by atoms with Gasteiger partial charge in [0.05, 0.1) is 14.9 Å². The average Bonchev–Trinajstić information content (AvgIpc) is 3.05. The van der Waals surface area contributed by atoms with Crippen LogP contribution in [0.2, 0.25) is 4.34 Å². The van der Waals surface area contributed by atoms with E-state index in [-0.39, 0.29) is 11.8 Å². The minimum Gasteiger partial charge on any atom is -0.355 e. The normalized spacial score (nSPS) is 12.0. The third-order valence-electron chi connectivity index (χ3n) is 2.88. The van der Waals surface area contributed by atoms with E-state index in [1.54, 1.807) is 19.9 Å².